The van der Waals surface area contributed by atoms with Gasteiger partial charge in [-0.3, -0.25) is 4.79 Å². The van der Waals surface area contributed by atoms with Crippen molar-refractivity contribution >= 4 is 22.5 Å². The fraction of sp³-hybridized carbons (Fsp3) is 0.364. The van der Waals surface area contributed by atoms with Gasteiger partial charge in [0.2, 0.25) is 5.91 Å². The molecule has 0 aliphatic heterocycles. The number of aliphatic hydroxyl groups is 1. The molecule has 1 fully saturated rings. The molecule has 2 aliphatic carbocycles. The molecule has 1 aromatic heterocycles. The Balaban J connectivity index is 1.61. The molecule has 0 radical (unpaired) electrons. The summed E-state index contributed by atoms with van der Waals surface area (Å²) in [6, 6.07) is 8.30. The van der Waals surface area contributed by atoms with E-state index in [0.29, 0.717) is 11.7 Å². The largest absolute Gasteiger partial charge is 0.389 e. The molecule has 2 aliphatic rings. The summed E-state index contributed by atoms with van der Waals surface area (Å²) in [5.74, 6) is 1.48. The topological polar surface area (TPSA) is 62.2 Å². The van der Waals surface area contributed by atoms with Gasteiger partial charge >= 0.3 is 0 Å². The van der Waals surface area contributed by atoms with Crippen LogP contribution in [0.25, 0.3) is 10.8 Å². The van der Waals surface area contributed by atoms with Gasteiger partial charge < -0.3 is 10.4 Å². The van der Waals surface area contributed by atoms with Gasteiger partial charge in [-0.25, -0.2) is 4.98 Å². The zero-order valence-corrected chi connectivity index (χ0v) is 15.1. The number of allylic oxidation sites excluding steroid dienone is 2. The zero-order valence-electron chi connectivity index (χ0n) is 15.1. The Morgan fingerprint density at radius 1 is 1.27 bits per heavy atom. The number of hydrogen-bond donors (Lipinski definition) is 2. The van der Waals surface area contributed by atoms with Crippen molar-refractivity contribution in [1.82, 2.24) is 4.98 Å². The van der Waals surface area contributed by atoms with E-state index in [1.54, 1.807) is 6.92 Å². The molecule has 1 heterocycles. The second kappa shape index (κ2) is 6.69. The summed E-state index contributed by atoms with van der Waals surface area (Å²) in [5.41, 5.74) is 2.17. The molecule has 4 nitrogen and oxygen atoms in total. The van der Waals surface area contributed by atoms with Crippen molar-refractivity contribution in [2.24, 2.45) is 11.8 Å². The molecule has 1 amide bonds. The predicted molar refractivity (Wildman–Crippen MR) is 104 cm³/mol. The molecule has 0 saturated heterocycles. The summed E-state index contributed by atoms with van der Waals surface area (Å²) in [7, 11) is 0. The lowest BCUT2D eigenvalue weighted by Gasteiger charge is -2.25. The summed E-state index contributed by atoms with van der Waals surface area (Å²) in [4.78, 5) is 16.3. The van der Waals surface area contributed by atoms with Crippen molar-refractivity contribution in [2.75, 3.05) is 5.32 Å². The van der Waals surface area contributed by atoms with E-state index in [0.717, 1.165) is 29.2 Å². The highest BCUT2D eigenvalue weighted by Gasteiger charge is 2.29. The highest BCUT2D eigenvalue weighted by Crippen LogP contribution is 2.35. The van der Waals surface area contributed by atoms with Crippen LogP contribution in [0.5, 0.6) is 0 Å². The standard InChI is InChI=1S/C22H24N2O2/c1-13-3-4-16(14(2)25)10-20(13)18-8-7-17-11-21(23-12-19(17)9-18)24-22(26)15-5-6-15/h3-4,7-15,20,25H,5-6H2,1-2H3,(H,23,24,26). The van der Waals surface area contributed by atoms with Crippen molar-refractivity contribution in [1.29, 1.82) is 0 Å². The molecule has 26 heavy (non-hydrogen) atoms. The van der Waals surface area contributed by atoms with E-state index in [9.17, 15) is 9.90 Å². The van der Waals surface area contributed by atoms with Crippen molar-refractivity contribution in [3.8, 4) is 0 Å². The van der Waals surface area contributed by atoms with E-state index < -0.39 is 6.10 Å². The molecular formula is C22H24N2O2. The molecule has 1 aromatic carbocycles. The summed E-state index contributed by atoms with van der Waals surface area (Å²) in [6.07, 6.45) is 9.67. The van der Waals surface area contributed by atoms with Crippen LogP contribution in [0.4, 0.5) is 5.82 Å². The number of anilines is 1. The maximum Gasteiger partial charge on any atom is 0.228 e. The van der Waals surface area contributed by atoms with Gasteiger partial charge in [-0.05, 0) is 54.3 Å². The lowest BCUT2D eigenvalue weighted by Crippen LogP contribution is -2.14. The van der Waals surface area contributed by atoms with E-state index in [1.807, 2.05) is 18.3 Å². The minimum atomic E-state index is -0.457. The Kier molecular flexibility index (Phi) is 4.37. The SMILES string of the molecule is CC(O)C1=CC(c2ccc3cc(NC(=O)C4CC4)ncc3c2)C(C)C=C1. The Labute approximate surface area is 153 Å². The Morgan fingerprint density at radius 3 is 2.81 bits per heavy atom. The third-order valence-electron chi connectivity index (χ3n) is 5.34. The molecule has 2 N–H and O–H groups in total. The van der Waals surface area contributed by atoms with Crippen LogP contribution >= 0.6 is 0 Å². The number of aromatic nitrogens is 1. The van der Waals surface area contributed by atoms with E-state index in [-0.39, 0.29) is 17.7 Å². The maximum atomic E-state index is 11.9. The van der Waals surface area contributed by atoms with Crippen LogP contribution in [0, 0.1) is 11.8 Å². The third-order valence-corrected chi connectivity index (χ3v) is 5.34. The van der Waals surface area contributed by atoms with Crippen LogP contribution < -0.4 is 5.32 Å². The number of rotatable bonds is 4. The number of nitrogens with zero attached hydrogens (tertiary/aromatic N) is 1. The molecule has 4 heteroatoms. The van der Waals surface area contributed by atoms with Crippen LogP contribution in [0.15, 0.2) is 54.3 Å². The normalized spacial score (nSPS) is 23.6. The number of carbonyl (C=O) groups excluding carboxylic acids is 1. The number of aliphatic hydroxyl groups excluding tert-OH is 1. The molecule has 1 saturated carbocycles. The Bertz CT molecular complexity index is 909. The number of hydrogen-bond acceptors (Lipinski definition) is 3. The van der Waals surface area contributed by atoms with Crippen molar-refractivity contribution in [3.63, 3.8) is 0 Å². The quantitative estimate of drug-likeness (QED) is 0.871. The number of carbonyl (C=O) groups is 1. The first-order valence-corrected chi connectivity index (χ1v) is 9.30. The first-order valence-electron chi connectivity index (χ1n) is 9.30. The molecule has 2 aromatic rings. The average Bonchev–Trinajstić information content (AvgIpc) is 3.46. The summed E-state index contributed by atoms with van der Waals surface area (Å²) >= 11 is 0. The van der Waals surface area contributed by atoms with Gasteiger partial charge in [0.05, 0.1) is 6.10 Å². The predicted octanol–water partition coefficient (Wildman–Crippen LogP) is 4.18. The first-order chi connectivity index (χ1) is 12.5. The maximum absolute atomic E-state index is 11.9. The number of fused-ring (bicyclic) bond motifs is 1. The monoisotopic (exact) mass is 348 g/mol. The van der Waals surface area contributed by atoms with Crippen LogP contribution in [0.1, 0.15) is 38.2 Å². The third kappa shape index (κ3) is 3.42. The fourth-order valence-corrected chi connectivity index (χ4v) is 3.49. The highest BCUT2D eigenvalue weighted by molar-refractivity contribution is 5.95. The van der Waals surface area contributed by atoms with Gasteiger partial charge in [-0.15, -0.1) is 0 Å². The van der Waals surface area contributed by atoms with Gasteiger partial charge in [0.15, 0.2) is 0 Å². The Hall–Kier alpha value is -2.46. The van der Waals surface area contributed by atoms with Gasteiger partial charge in [0, 0.05) is 23.4 Å². The van der Waals surface area contributed by atoms with Crippen molar-refractivity contribution in [3.05, 3.63) is 59.8 Å². The van der Waals surface area contributed by atoms with Crippen molar-refractivity contribution < 1.29 is 9.90 Å². The number of pyridine rings is 1. The van der Waals surface area contributed by atoms with Crippen LogP contribution in [-0.4, -0.2) is 22.1 Å². The molecule has 3 atom stereocenters. The smallest absolute Gasteiger partial charge is 0.228 e. The summed E-state index contributed by atoms with van der Waals surface area (Å²) < 4.78 is 0. The molecule has 4 rings (SSSR count). The average molecular weight is 348 g/mol. The van der Waals surface area contributed by atoms with E-state index in [2.05, 4.69) is 47.6 Å². The van der Waals surface area contributed by atoms with Crippen LogP contribution in [0.2, 0.25) is 0 Å². The van der Waals surface area contributed by atoms with Gasteiger partial charge in [0.25, 0.3) is 0 Å². The Morgan fingerprint density at radius 2 is 2.08 bits per heavy atom. The van der Waals surface area contributed by atoms with Gasteiger partial charge in [0.1, 0.15) is 5.82 Å². The molecule has 134 valence electrons. The molecular weight excluding hydrogens is 324 g/mol. The molecule has 0 bridgehead atoms. The van der Waals surface area contributed by atoms with Crippen molar-refractivity contribution in [2.45, 2.75) is 38.7 Å². The zero-order chi connectivity index (χ0) is 18.3. The number of benzene rings is 1. The fourth-order valence-electron chi connectivity index (χ4n) is 3.49. The lowest BCUT2D eigenvalue weighted by atomic mass is 9.81. The van der Waals surface area contributed by atoms with Crippen LogP contribution in [-0.2, 0) is 4.79 Å². The number of nitrogens with one attached hydrogen (secondary N) is 1. The van der Waals surface area contributed by atoms with Gasteiger partial charge in [-0.1, -0.05) is 37.3 Å². The van der Waals surface area contributed by atoms with E-state index >= 15 is 0 Å². The second-order valence-corrected chi connectivity index (χ2v) is 7.53. The molecule has 0 spiro atoms. The first kappa shape index (κ1) is 17.0. The van der Waals surface area contributed by atoms with E-state index in [1.165, 1.54) is 5.56 Å². The lowest BCUT2D eigenvalue weighted by molar-refractivity contribution is -0.117. The van der Waals surface area contributed by atoms with Gasteiger partial charge in [-0.2, -0.15) is 0 Å². The summed E-state index contributed by atoms with van der Waals surface area (Å²) in [5, 5.41) is 14.9. The second-order valence-electron chi connectivity index (χ2n) is 7.53. The van der Waals surface area contributed by atoms with E-state index in [4.69, 9.17) is 0 Å². The number of amides is 1. The molecule has 3 unspecified atom stereocenters. The van der Waals surface area contributed by atoms with Crippen LogP contribution in [0.3, 0.4) is 0 Å². The highest BCUT2D eigenvalue weighted by atomic mass is 16.3. The minimum absolute atomic E-state index is 0.0760. The summed E-state index contributed by atoms with van der Waals surface area (Å²) in [6.45, 7) is 3.99. The minimum Gasteiger partial charge on any atom is -0.389 e.